The van der Waals surface area contributed by atoms with E-state index in [9.17, 15) is 9.90 Å². The van der Waals surface area contributed by atoms with Crippen LogP contribution in [0.25, 0.3) is 0 Å². The van der Waals surface area contributed by atoms with Gasteiger partial charge in [0.25, 0.3) is 0 Å². The number of aliphatic hydroxyl groups excluding tert-OH is 1. The van der Waals surface area contributed by atoms with Crippen molar-refractivity contribution >= 4 is 11.6 Å². The van der Waals surface area contributed by atoms with Crippen molar-refractivity contribution < 1.29 is 14.6 Å². The molecule has 0 radical (unpaired) electrons. The Morgan fingerprint density at radius 3 is 3.06 bits per heavy atom. The molecular weight excluding hydrogens is 230 g/mol. The number of fused-ring (bicyclic) bond motifs is 1. The number of carbonyl (C=O) groups excluding carboxylic acids is 1. The van der Waals surface area contributed by atoms with Crippen LogP contribution in [0.5, 0.6) is 0 Å². The van der Waals surface area contributed by atoms with Gasteiger partial charge in [-0.3, -0.25) is 4.79 Å². The monoisotopic (exact) mass is 247 g/mol. The van der Waals surface area contributed by atoms with Gasteiger partial charge in [0.1, 0.15) is 6.10 Å². The molecule has 0 bridgehead atoms. The van der Waals surface area contributed by atoms with Gasteiger partial charge >= 0.3 is 0 Å². The smallest absolute Gasteiger partial charge is 0.228 e. The van der Waals surface area contributed by atoms with Gasteiger partial charge in [-0.05, 0) is 37.0 Å². The molecule has 3 rings (SSSR count). The van der Waals surface area contributed by atoms with Crippen LogP contribution in [0.4, 0.5) is 5.69 Å². The number of benzene rings is 1. The molecular formula is C14H17NO3. The van der Waals surface area contributed by atoms with Crippen LogP contribution in [0, 0.1) is 0 Å². The molecule has 1 saturated heterocycles. The maximum Gasteiger partial charge on any atom is 0.228 e. The Kier molecular flexibility index (Phi) is 2.64. The summed E-state index contributed by atoms with van der Waals surface area (Å²) in [6, 6.07) is 5.63. The number of hydrogen-bond acceptors (Lipinski definition) is 3. The van der Waals surface area contributed by atoms with Gasteiger partial charge in [0.15, 0.2) is 0 Å². The van der Waals surface area contributed by atoms with Crippen LogP contribution >= 0.6 is 0 Å². The number of anilines is 1. The van der Waals surface area contributed by atoms with Crippen molar-refractivity contribution in [1.29, 1.82) is 0 Å². The second-order valence-corrected chi connectivity index (χ2v) is 5.31. The Morgan fingerprint density at radius 1 is 1.50 bits per heavy atom. The summed E-state index contributed by atoms with van der Waals surface area (Å²) in [6.45, 7) is 2.65. The molecule has 2 heterocycles. The number of aliphatic hydroxyl groups is 1. The molecule has 2 aliphatic heterocycles. The third-order valence-electron chi connectivity index (χ3n) is 3.90. The van der Waals surface area contributed by atoms with E-state index >= 15 is 0 Å². The summed E-state index contributed by atoms with van der Waals surface area (Å²) in [5.41, 5.74) is 2.14. The maximum absolute atomic E-state index is 11.3. The first-order chi connectivity index (χ1) is 8.58. The van der Waals surface area contributed by atoms with Gasteiger partial charge in [0.05, 0.1) is 12.0 Å². The third-order valence-corrected chi connectivity index (χ3v) is 3.90. The summed E-state index contributed by atoms with van der Waals surface area (Å²) in [5, 5.41) is 13.2. The van der Waals surface area contributed by atoms with Crippen molar-refractivity contribution in [1.82, 2.24) is 0 Å². The zero-order valence-corrected chi connectivity index (χ0v) is 10.4. The van der Waals surface area contributed by atoms with E-state index in [0.717, 1.165) is 29.7 Å². The highest BCUT2D eigenvalue weighted by Gasteiger charge is 2.38. The molecule has 18 heavy (non-hydrogen) atoms. The lowest BCUT2D eigenvalue weighted by Crippen LogP contribution is -2.31. The van der Waals surface area contributed by atoms with Crippen LogP contribution in [0.15, 0.2) is 18.2 Å². The molecule has 1 fully saturated rings. The molecule has 2 N–H and O–H groups in total. The average molecular weight is 247 g/mol. The Bertz CT molecular complexity index is 492. The van der Waals surface area contributed by atoms with E-state index in [0.29, 0.717) is 13.0 Å². The van der Waals surface area contributed by atoms with E-state index in [-0.39, 0.29) is 5.91 Å². The van der Waals surface area contributed by atoms with Crippen LogP contribution in [0.2, 0.25) is 0 Å². The zero-order valence-electron chi connectivity index (χ0n) is 10.4. The standard InChI is InChI=1S/C14H17NO3/c1-14(5-2-6-18-14)13(17)9-3-4-11-10(7-9)8-12(16)15-11/h3-4,7,13,17H,2,5-6,8H2,1H3,(H,15,16). The SMILES string of the molecule is CC1(C(O)c2ccc3c(c2)CC(=O)N3)CCCO1. The molecule has 1 aromatic carbocycles. The first-order valence-electron chi connectivity index (χ1n) is 6.33. The molecule has 0 saturated carbocycles. The predicted molar refractivity (Wildman–Crippen MR) is 67.3 cm³/mol. The van der Waals surface area contributed by atoms with Crippen molar-refractivity contribution in [3.63, 3.8) is 0 Å². The molecule has 4 heteroatoms. The summed E-state index contributed by atoms with van der Waals surface area (Å²) in [7, 11) is 0. The van der Waals surface area contributed by atoms with Crippen molar-refractivity contribution in [2.24, 2.45) is 0 Å². The normalized spacial score (nSPS) is 28.0. The molecule has 2 unspecified atom stereocenters. The van der Waals surface area contributed by atoms with Crippen LogP contribution in [0.3, 0.4) is 0 Å². The van der Waals surface area contributed by atoms with E-state index in [4.69, 9.17) is 4.74 Å². The van der Waals surface area contributed by atoms with Gasteiger partial charge in [0.2, 0.25) is 5.91 Å². The largest absolute Gasteiger partial charge is 0.385 e. The van der Waals surface area contributed by atoms with Crippen molar-refractivity contribution in [3.8, 4) is 0 Å². The fourth-order valence-electron chi connectivity index (χ4n) is 2.79. The molecule has 0 aliphatic carbocycles. The van der Waals surface area contributed by atoms with Gasteiger partial charge in [0, 0.05) is 12.3 Å². The lowest BCUT2D eigenvalue weighted by atomic mass is 9.89. The van der Waals surface area contributed by atoms with E-state index in [1.165, 1.54) is 0 Å². The maximum atomic E-state index is 11.3. The van der Waals surface area contributed by atoms with Crippen LogP contribution < -0.4 is 5.32 Å². The van der Waals surface area contributed by atoms with Gasteiger partial charge < -0.3 is 15.2 Å². The molecule has 0 aromatic heterocycles. The second-order valence-electron chi connectivity index (χ2n) is 5.31. The van der Waals surface area contributed by atoms with Crippen molar-refractivity contribution in [2.75, 3.05) is 11.9 Å². The number of amides is 1. The highest BCUT2D eigenvalue weighted by atomic mass is 16.5. The van der Waals surface area contributed by atoms with Crippen LogP contribution in [0.1, 0.15) is 37.0 Å². The molecule has 1 amide bonds. The third kappa shape index (κ3) is 1.82. The van der Waals surface area contributed by atoms with Crippen molar-refractivity contribution in [2.45, 2.75) is 37.9 Å². The van der Waals surface area contributed by atoms with E-state index in [1.807, 2.05) is 25.1 Å². The van der Waals surface area contributed by atoms with Crippen LogP contribution in [-0.2, 0) is 16.0 Å². The minimum absolute atomic E-state index is 0.0139. The molecule has 2 atom stereocenters. The predicted octanol–water partition coefficient (Wildman–Crippen LogP) is 1.78. The van der Waals surface area contributed by atoms with Gasteiger partial charge in [-0.1, -0.05) is 12.1 Å². The zero-order chi connectivity index (χ0) is 12.8. The van der Waals surface area contributed by atoms with Gasteiger partial charge in [-0.15, -0.1) is 0 Å². The number of ether oxygens (including phenoxy) is 1. The van der Waals surface area contributed by atoms with E-state index in [1.54, 1.807) is 0 Å². The van der Waals surface area contributed by atoms with Crippen molar-refractivity contribution in [3.05, 3.63) is 29.3 Å². The topological polar surface area (TPSA) is 58.6 Å². The first kappa shape index (κ1) is 11.7. The minimum atomic E-state index is -0.638. The van der Waals surface area contributed by atoms with Crippen LogP contribution in [-0.4, -0.2) is 23.2 Å². The molecule has 4 nitrogen and oxygen atoms in total. The number of carbonyl (C=O) groups is 1. The highest BCUT2D eigenvalue weighted by Crippen LogP contribution is 2.38. The fourth-order valence-corrected chi connectivity index (χ4v) is 2.79. The summed E-state index contributed by atoms with van der Waals surface area (Å²) in [4.78, 5) is 11.3. The fraction of sp³-hybridized carbons (Fsp3) is 0.500. The summed E-state index contributed by atoms with van der Waals surface area (Å²) in [6.07, 6.45) is 1.61. The molecule has 2 aliphatic rings. The van der Waals surface area contributed by atoms with E-state index < -0.39 is 11.7 Å². The van der Waals surface area contributed by atoms with Gasteiger partial charge in [-0.25, -0.2) is 0 Å². The second kappa shape index (κ2) is 4.07. The highest BCUT2D eigenvalue weighted by molar-refractivity contribution is 5.99. The van der Waals surface area contributed by atoms with E-state index in [2.05, 4.69) is 5.32 Å². The first-order valence-corrected chi connectivity index (χ1v) is 6.33. The lowest BCUT2D eigenvalue weighted by Gasteiger charge is -2.29. The lowest BCUT2D eigenvalue weighted by molar-refractivity contribution is -0.115. The van der Waals surface area contributed by atoms with Gasteiger partial charge in [-0.2, -0.15) is 0 Å². The molecule has 1 aromatic rings. The Balaban J connectivity index is 1.89. The number of rotatable bonds is 2. The Hall–Kier alpha value is -1.39. The quantitative estimate of drug-likeness (QED) is 0.837. The summed E-state index contributed by atoms with van der Waals surface area (Å²) < 4.78 is 5.66. The number of nitrogens with one attached hydrogen (secondary N) is 1. The molecule has 0 spiro atoms. The minimum Gasteiger partial charge on any atom is -0.385 e. The Morgan fingerprint density at radius 2 is 2.33 bits per heavy atom. The Labute approximate surface area is 106 Å². The summed E-state index contributed by atoms with van der Waals surface area (Å²) >= 11 is 0. The average Bonchev–Trinajstić information content (AvgIpc) is 2.93. The molecule has 96 valence electrons. The number of hydrogen-bond donors (Lipinski definition) is 2. The summed E-state index contributed by atoms with van der Waals surface area (Å²) in [5.74, 6) is 0.0139.